The van der Waals surface area contributed by atoms with Crippen molar-refractivity contribution >= 4 is 21.4 Å². The predicted octanol–water partition coefficient (Wildman–Crippen LogP) is 1.27. The molecule has 2 aromatic rings. The van der Waals surface area contributed by atoms with Crippen molar-refractivity contribution in [2.45, 2.75) is 18.4 Å². The second-order valence-corrected chi connectivity index (χ2v) is 6.84. The van der Waals surface area contributed by atoms with E-state index in [0.717, 1.165) is 5.69 Å². The molecule has 7 heteroatoms. The zero-order chi connectivity index (χ0) is 15.3. The highest BCUT2D eigenvalue weighted by atomic mass is 32.2. The smallest absolute Gasteiger partial charge is 0.242 e. The summed E-state index contributed by atoms with van der Waals surface area (Å²) in [6.07, 6.45) is 0. The summed E-state index contributed by atoms with van der Waals surface area (Å²) in [6.45, 7) is 1.68. The molecule has 0 saturated heterocycles. The fourth-order valence-electron chi connectivity index (χ4n) is 1.66. The standard InChI is InChI=1S/C14H14N2O3S2/c1-11-10-20-14(16-11)9-15-21(18,19)13-7-3-2-5-12(13)6-4-8-17/h2-3,5,7,10,15,17H,8-9H2,1H3. The first-order valence-electron chi connectivity index (χ1n) is 6.12. The molecule has 0 aliphatic heterocycles. The molecule has 2 rings (SSSR count). The van der Waals surface area contributed by atoms with Crippen LogP contribution in [-0.2, 0) is 16.6 Å². The monoisotopic (exact) mass is 322 g/mol. The summed E-state index contributed by atoms with van der Waals surface area (Å²) in [4.78, 5) is 4.31. The Balaban J connectivity index is 2.23. The van der Waals surface area contributed by atoms with Crippen LogP contribution in [0.25, 0.3) is 0 Å². The zero-order valence-corrected chi connectivity index (χ0v) is 13.0. The third kappa shape index (κ3) is 4.12. The van der Waals surface area contributed by atoms with Crippen LogP contribution < -0.4 is 4.72 Å². The molecular weight excluding hydrogens is 308 g/mol. The summed E-state index contributed by atoms with van der Waals surface area (Å²) < 4.78 is 27.2. The Morgan fingerprint density at radius 3 is 2.81 bits per heavy atom. The molecular formula is C14H14N2O3S2. The van der Waals surface area contributed by atoms with Crippen LogP contribution in [-0.4, -0.2) is 25.1 Å². The lowest BCUT2D eigenvalue weighted by atomic mass is 10.2. The summed E-state index contributed by atoms with van der Waals surface area (Å²) in [5.74, 6) is 5.10. The molecule has 1 aromatic carbocycles. The molecule has 0 aliphatic rings. The average Bonchev–Trinajstić information content (AvgIpc) is 2.89. The van der Waals surface area contributed by atoms with Gasteiger partial charge >= 0.3 is 0 Å². The Labute approximate surface area is 127 Å². The number of rotatable bonds is 4. The van der Waals surface area contributed by atoms with Crippen molar-refractivity contribution < 1.29 is 13.5 Å². The first kappa shape index (κ1) is 15.7. The Bertz CT molecular complexity index is 786. The summed E-state index contributed by atoms with van der Waals surface area (Å²) in [6, 6.07) is 6.42. The Morgan fingerprint density at radius 2 is 2.14 bits per heavy atom. The third-order valence-corrected chi connectivity index (χ3v) is 4.98. The molecule has 0 fully saturated rings. The lowest BCUT2D eigenvalue weighted by molar-refractivity contribution is 0.350. The fourth-order valence-corrected chi connectivity index (χ4v) is 3.61. The highest BCUT2D eigenvalue weighted by Gasteiger charge is 2.17. The van der Waals surface area contributed by atoms with E-state index in [4.69, 9.17) is 5.11 Å². The summed E-state index contributed by atoms with van der Waals surface area (Å²) in [5.41, 5.74) is 1.22. The number of aryl methyl sites for hydroxylation is 1. The van der Waals surface area contributed by atoms with Gasteiger partial charge in [0.25, 0.3) is 0 Å². The van der Waals surface area contributed by atoms with Crippen molar-refractivity contribution in [1.82, 2.24) is 9.71 Å². The molecule has 1 aromatic heterocycles. The number of hydrogen-bond acceptors (Lipinski definition) is 5. The van der Waals surface area contributed by atoms with Crippen molar-refractivity contribution in [2.24, 2.45) is 0 Å². The van der Waals surface area contributed by atoms with Gasteiger partial charge < -0.3 is 5.11 Å². The minimum atomic E-state index is -3.68. The molecule has 0 aliphatic carbocycles. The van der Waals surface area contributed by atoms with Crippen LogP contribution in [0.1, 0.15) is 16.3 Å². The number of thiazole rings is 1. The van der Waals surface area contributed by atoms with Crippen molar-refractivity contribution in [3.63, 3.8) is 0 Å². The van der Waals surface area contributed by atoms with Crippen LogP contribution in [0.3, 0.4) is 0 Å². The minimum absolute atomic E-state index is 0.0965. The van der Waals surface area contributed by atoms with Crippen molar-refractivity contribution in [1.29, 1.82) is 0 Å². The van der Waals surface area contributed by atoms with Gasteiger partial charge in [-0.1, -0.05) is 24.0 Å². The molecule has 0 amide bonds. The van der Waals surface area contributed by atoms with E-state index in [1.165, 1.54) is 17.4 Å². The first-order chi connectivity index (χ1) is 10.0. The van der Waals surface area contributed by atoms with E-state index in [1.807, 2.05) is 12.3 Å². The lowest BCUT2D eigenvalue weighted by Gasteiger charge is -2.07. The van der Waals surface area contributed by atoms with Crippen molar-refractivity contribution in [3.8, 4) is 11.8 Å². The highest BCUT2D eigenvalue weighted by Crippen LogP contribution is 2.15. The van der Waals surface area contributed by atoms with E-state index in [-0.39, 0.29) is 18.0 Å². The fraction of sp³-hybridized carbons (Fsp3) is 0.214. The largest absolute Gasteiger partial charge is 0.384 e. The summed E-state index contributed by atoms with van der Waals surface area (Å²) in [5, 5.41) is 11.3. The maximum Gasteiger partial charge on any atom is 0.242 e. The van der Waals surface area contributed by atoms with Crippen LogP contribution in [0, 0.1) is 18.8 Å². The Hall–Kier alpha value is -1.72. The third-order valence-electron chi connectivity index (χ3n) is 2.56. The van der Waals surface area contributed by atoms with Crippen LogP contribution in [0.2, 0.25) is 0 Å². The van der Waals surface area contributed by atoms with Gasteiger partial charge in [0.1, 0.15) is 11.6 Å². The number of aliphatic hydroxyl groups excluding tert-OH is 1. The minimum Gasteiger partial charge on any atom is -0.384 e. The Morgan fingerprint density at radius 1 is 1.38 bits per heavy atom. The predicted molar refractivity (Wildman–Crippen MR) is 81.3 cm³/mol. The van der Waals surface area contributed by atoms with Crippen molar-refractivity contribution in [2.75, 3.05) is 6.61 Å². The van der Waals surface area contributed by atoms with Crippen LogP contribution in [0.5, 0.6) is 0 Å². The van der Waals surface area contributed by atoms with E-state index < -0.39 is 10.0 Å². The number of aromatic nitrogens is 1. The molecule has 0 spiro atoms. The van der Waals surface area contributed by atoms with Gasteiger partial charge in [-0.15, -0.1) is 11.3 Å². The van der Waals surface area contributed by atoms with Crippen LogP contribution in [0.4, 0.5) is 0 Å². The molecule has 0 bridgehead atoms. The number of aliphatic hydroxyl groups is 1. The number of nitrogens with one attached hydrogen (secondary N) is 1. The van der Waals surface area contributed by atoms with Gasteiger partial charge in [0.2, 0.25) is 10.0 Å². The van der Waals surface area contributed by atoms with Gasteiger partial charge in [-0.05, 0) is 19.1 Å². The number of hydrogen-bond donors (Lipinski definition) is 2. The number of nitrogens with zero attached hydrogens (tertiary/aromatic N) is 1. The van der Waals surface area contributed by atoms with Crippen molar-refractivity contribution in [3.05, 3.63) is 45.9 Å². The van der Waals surface area contributed by atoms with Gasteiger partial charge in [0.15, 0.2) is 0 Å². The van der Waals surface area contributed by atoms with Gasteiger partial charge in [0.05, 0.1) is 11.4 Å². The molecule has 5 nitrogen and oxygen atoms in total. The lowest BCUT2D eigenvalue weighted by Crippen LogP contribution is -2.24. The number of benzene rings is 1. The zero-order valence-electron chi connectivity index (χ0n) is 11.3. The van der Waals surface area contributed by atoms with E-state index in [2.05, 4.69) is 21.5 Å². The highest BCUT2D eigenvalue weighted by molar-refractivity contribution is 7.89. The van der Waals surface area contributed by atoms with Gasteiger partial charge in [-0.25, -0.2) is 18.1 Å². The molecule has 110 valence electrons. The Kier molecular flexibility index (Phi) is 5.09. The van der Waals surface area contributed by atoms with E-state index in [0.29, 0.717) is 10.6 Å². The summed E-state index contributed by atoms with van der Waals surface area (Å²) >= 11 is 1.40. The topological polar surface area (TPSA) is 79.3 Å². The molecule has 0 atom stereocenters. The summed E-state index contributed by atoms with van der Waals surface area (Å²) in [7, 11) is -3.68. The van der Waals surface area contributed by atoms with E-state index in [1.54, 1.807) is 18.2 Å². The molecule has 2 N–H and O–H groups in total. The maximum atomic E-state index is 12.3. The van der Waals surface area contributed by atoms with E-state index in [9.17, 15) is 8.42 Å². The second-order valence-electron chi connectivity index (χ2n) is 4.16. The molecule has 1 heterocycles. The maximum absolute atomic E-state index is 12.3. The SMILES string of the molecule is Cc1csc(CNS(=O)(=O)c2ccccc2C#CCO)n1. The quantitative estimate of drug-likeness (QED) is 0.831. The second kappa shape index (κ2) is 6.83. The molecule has 21 heavy (non-hydrogen) atoms. The van der Waals surface area contributed by atoms with Crippen LogP contribution in [0.15, 0.2) is 34.5 Å². The van der Waals surface area contributed by atoms with Gasteiger partial charge in [0, 0.05) is 16.6 Å². The number of sulfonamides is 1. The molecule has 0 saturated carbocycles. The normalized spacial score (nSPS) is 11.0. The van der Waals surface area contributed by atoms with Gasteiger partial charge in [-0.2, -0.15) is 0 Å². The molecule has 0 unspecified atom stereocenters. The van der Waals surface area contributed by atoms with Gasteiger partial charge in [-0.3, -0.25) is 0 Å². The molecule has 0 radical (unpaired) electrons. The average molecular weight is 322 g/mol. The van der Waals surface area contributed by atoms with E-state index >= 15 is 0 Å². The van der Waals surface area contributed by atoms with Crippen LogP contribution >= 0.6 is 11.3 Å². The first-order valence-corrected chi connectivity index (χ1v) is 8.48.